The van der Waals surface area contributed by atoms with E-state index in [0.717, 1.165) is 0 Å². The number of carbonyl (C=O) groups is 2. The van der Waals surface area contributed by atoms with Crippen LogP contribution in [0.25, 0.3) is 0 Å². The van der Waals surface area contributed by atoms with E-state index in [4.69, 9.17) is 27.8 Å². The first-order valence-corrected chi connectivity index (χ1v) is 9.65. The lowest BCUT2D eigenvalue weighted by atomic mass is 9.98. The average Bonchev–Trinajstić information content (AvgIpc) is 3.14. The molecule has 0 spiro atoms. The molecule has 2 atom stereocenters. The van der Waals surface area contributed by atoms with Gasteiger partial charge in [-0.15, -0.1) is 0 Å². The Balaban J connectivity index is 1.88. The molecule has 4 N–H and O–H groups in total. The third-order valence-electron chi connectivity index (χ3n) is 5.03. The van der Waals surface area contributed by atoms with Crippen LogP contribution in [0.3, 0.4) is 0 Å². The lowest BCUT2D eigenvalue weighted by Gasteiger charge is -2.34. The van der Waals surface area contributed by atoms with Gasteiger partial charge in [0.05, 0.1) is 11.6 Å². The molecule has 0 fully saturated rings. The number of ether oxygens (including phenoxy) is 1. The Hall–Kier alpha value is -3.58. The van der Waals surface area contributed by atoms with E-state index in [1.807, 2.05) is 6.07 Å². The number of pyridine rings is 1. The maximum absolute atomic E-state index is 13.7. The van der Waals surface area contributed by atoms with Crippen LogP contribution in [0.2, 0.25) is 5.02 Å². The summed E-state index contributed by atoms with van der Waals surface area (Å²) in [4.78, 5) is 31.7. The number of hydrogen-bond acceptors (Lipinski definition) is 5. The van der Waals surface area contributed by atoms with Gasteiger partial charge in [0.2, 0.25) is 5.91 Å². The van der Waals surface area contributed by atoms with Gasteiger partial charge in [-0.1, -0.05) is 41.9 Å². The van der Waals surface area contributed by atoms with Crippen LogP contribution >= 0.6 is 11.6 Å². The Labute approximate surface area is 178 Å². The molecule has 152 valence electrons. The van der Waals surface area contributed by atoms with Crippen LogP contribution in [-0.4, -0.2) is 28.3 Å². The normalized spacial score (nSPS) is 15.7. The number of nitrogens with zero attached hydrogens (tertiary/aromatic N) is 2. The number of halogens is 1. The first-order valence-electron chi connectivity index (χ1n) is 9.27. The third-order valence-corrected chi connectivity index (χ3v) is 5.26. The highest BCUT2D eigenvalue weighted by Gasteiger charge is 2.41. The zero-order chi connectivity index (χ0) is 21.3. The van der Waals surface area contributed by atoms with Gasteiger partial charge in [0.15, 0.2) is 0 Å². The number of amides is 2. The van der Waals surface area contributed by atoms with Gasteiger partial charge in [-0.05, 0) is 35.9 Å². The molecule has 2 heterocycles. The summed E-state index contributed by atoms with van der Waals surface area (Å²) in [7, 11) is 0. The molecule has 0 aliphatic carbocycles. The quantitative estimate of drug-likeness (QED) is 0.656. The van der Waals surface area contributed by atoms with Crippen molar-refractivity contribution in [2.24, 2.45) is 5.73 Å². The molecular formula is C22H19ClN4O3. The average molecular weight is 423 g/mol. The van der Waals surface area contributed by atoms with E-state index >= 15 is 0 Å². The van der Waals surface area contributed by atoms with Crippen molar-refractivity contribution < 1.29 is 14.3 Å². The van der Waals surface area contributed by atoms with E-state index < -0.39 is 23.9 Å². The highest BCUT2D eigenvalue weighted by atomic mass is 35.5. The van der Waals surface area contributed by atoms with Crippen LogP contribution in [0.4, 0.5) is 5.82 Å². The van der Waals surface area contributed by atoms with Crippen LogP contribution in [0.1, 0.15) is 33.6 Å². The number of benzene rings is 2. The van der Waals surface area contributed by atoms with Crippen LogP contribution in [-0.2, 0) is 4.79 Å². The fourth-order valence-electron chi connectivity index (χ4n) is 3.67. The minimum absolute atomic E-state index is 0.0639. The summed E-state index contributed by atoms with van der Waals surface area (Å²) in [5.74, 6) is -0.492. The van der Waals surface area contributed by atoms with Gasteiger partial charge < -0.3 is 21.1 Å². The Bertz CT molecular complexity index is 1110. The van der Waals surface area contributed by atoms with E-state index in [1.54, 1.807) is 54.6 Å². The summed E-state index contributed by atoms with van der Waals surface area (Å²) in [6.07, 6.45) is 1.49. The van der Waals surface area contributed by atoms with Crippen molar-refractivity contribution >= 4 is 29.2 Å². The molecule has 2 amide bonds. The fraction of sp³-hybridized carbons (Fsp3) is 0.136. The molecule has 1 aliphatic heterocycles. The van der Waals surface area contributed by atoms with Crippen LogP contribution in [0, 0.1) is 0 Å². The monoisotopic (exact) mass is 422 g/mol. The van der Waals surface area contributed by atoms with Gasteiger partial charge in [0, 0.05) is 16.8 Å². The van der Waals surface area contributed by atoms with E-state index in [-0.39, 0.29) is 18.0 Å². The van der Waals surface area contributed by atoms with Crippen molar-refractivity contribution in [3.63, 3.8) is 0 Å². The number of anilines is 1. The summed E-state index contributed by atoms with van der Waals surface area (Å²) in [5.41, 5.74) is 13.2. The van der Waals surface area contributed by atoms with Gasteiger partial charge >= 0.3 is 0 Å². The second kappa shape index (κ2) is 8.04. The highest BCUT2D eigenvalue weighted by Crippen LogP contribution is 2.42. The largest absolute Gasteiger partial charge is 0.491 e. The van der Waals surface area contributed by atoms with E-state index in [1.165, 1.54) is 11.1 Å². The molecule has 1 aliphatic rings. The van der Waals surface area contributed by atoms with Crippen molar-refractivity contribution in [3.05, 3.63) is 88.6 Å². The maximum Gasteiger partial charge on any atom is 0.259 e. The smallest absolute Gasteiger partial charge is 0.259 e. The Morgan fingerprint density at radius 3 is 2.60 bits per heavy atom. The van der Waals surface area contributed by atoms with Gasteiger partial charge in [-0.2, -0.15) is 0 Å². The molecule has 2 aromatic carbocycles. The molecule has 0 unspecified atom stereocenters. The first kappa shape index (κ1) is 19.7. The lowest BCUT2D eigenvalue weighted by Crippen LogP contribution is -2.44. The number of primary amides is 1. The molecule has 3 aromatic rings. The predicted molar refractivity (Wildman–Crippen MR) is 113 cm³/mol. The highest BCUT2D eigenvalue weighted by molar-refractivity contribution is 6.30. The topological polar surface area (TPSA) is 112 Å². The van der Waals surface area contributed by atoms with E-state index in [2.05, 4.69) is 4.98 Å². The van der Waals surface area contributed by atoms with Crippen LogP contribution in [0.15, 0.2) is 66.9 Å². The predicted octanol–water partition coefficient (Wildman–Crippen LogP) is 3.12. The number of hydrogen-bond donors (Lipinski definition) is 2. The molecular weight excluding hydrogens is 404 g/mol. The van der Waals surface area contributed by atoms with Crippen LogP contribution < -0.4 is 16.2 Å². The van der Waals surface area contributed by atoms with Gasteiger partial charge in [-0.3, -0.25) is 9.59 Å². The van der Waals surface area contributed by atoms with Gasteiger partial charge in [0.1, 0.15) is 24.2 Å². The zero-order valence-electron chi connectivity index (χ0n) is 15.9. The standard InChI is InChI=1S/C22H19ClN4O3/c23-14-8-9-18-16(11-14)17(12-30-18)27(22(29)15-7-4-10-26-20(15)24)19(21(25)28)13-5-2-1-3-6-13/h1-11,17,19H,12H2,(H2,24,26)(H2,25,28)/t17-,19-/m1/s1. The second-order valence-corrected chi connectivity index (χ2v) is 7.31. The first-order chi connectivity index (χ1) is 14.5. The molecule has 30 heavy (non-hydrogen) atoms. The molecule has 4 rings (SSSR count). The molecule has 0 saturated heterocycles. The maximum atomic E-state index is 13.7. The molecule has 0 saturated carbocycles. The van der Waals surface area contributed by atoms with Crippen molar-refractivity contribution in [2.45, 2.75) is 12.1 Å². The van der Waals surface area contributed by atoms with Gasteiger partial charge in [0.25, 0.3) is 5.91 Å². The number of fused-ring (bicyclic) bond motifs is 1. The second-order valence-electron chi connectivity index (χ2n) is 6.87. The Morgan fingerprint density at radius 1 is 1.13 bits per heavy atom. The number of rotatable bonds is 5. The van der Waals surface area contributed by atoms with Crippen molar-refractivity contribution in [1.82, 2.24) is 9.88 Å². The molecule has 0 radical (unpaired) electrons. The lowest BCUT2D eigenvalue weighted by molar-refractivity contribution is -0.123. The summed E-state index contributed by atoms with van der Waals surface area (Å²) in [6, 6.07) is 15.6. The molecule has 1 aromatic heterocycles. The minimum Gasteiger partial charge on any atom is -0.491 e. The van der Waals surface area contributed by atoms with E-state index in [0.29, 0.717) is 21.9 Å². The van der Waals surface area contributed by atoms with E-state index in [9.17, 15) is 9.59 Å². The summed E-state index contributed by atoms with van der Waals surface area (Å²) >= 11 is 6.19. The molecule has 0 bridgehead atoms. The zero-order valence-corrected chi connectivity index (χ0v) is 16.6. The number of nitrogen functional groups attached to an aromatic ring is 1. The third kappa shape index (κ3) is 3.55. The van der Waals surface area contributed by atoms with Crippen molar-refractivity contribution in [3.8, 4) is 5.75 Å². The summed E-state index contributed by atoms with van der Waals surface area (Å²) in [5, 5.41) is 0.493. The van der Waals surface area contributed by atoms with Crippen molar-refractivity contribution in [2.75, 3.05) is 12.3 Å². The van der Waals surface area contributed by atoms with Gasteiger partial charge in [-0.25, -0.2) is 4.98 Å². The molecule has 7 nitrogen and oxygen atoms in total. The van der Waals surface area contributed by atoms with Crippen LogP contribution in [0.5, 0.6) is 5.75 Å². The number of nitrogens with two attached hydrogens (primary N) is 2. The Morgan fingerprint density at radius 2 is 1.90 bits per heavy atom. The Kier molecular flexibility index (Phi) is 5.29. The number of carbonyl (C=O) groups excluding carboxylic acids is 2. The molecule has 8 heteroatoms. The number of aromatic nitrogens is 1. The fourth-order valence-corrected chi connectivity index (χ4v) is 3.85. The SMILES string of the molecule is NC(=O)[C@@H](c1ccccc1)N(C(=O)c1cccnc1N)[C@@H]1COc2ccc(Cl)cc21. The summed E-state index contributed by atoms with van der Waals surface area (Å²) in [6.45, 7) is 0.151. The van der Waals surface area contributed by atoms with Crippen molar-refractivity contribution in [1.29, 1.82) is 0 Å². The summed E-state index contributed by atoms with van der Waals surface area (Å²) < 4.78 is 5.78. The minimum atomic E-state index is -1.04.